The number of aromatic nitrogens is 2. The molecule has 2 aromatic rings. The van der Waals surface area contributed by atoms with Crippen molar-refractivity contribution in [3.8, 4) is 0 Å². The summed E-state index contributed by atoms with van der Waals surface area (Å²) in [6.07, 6.45) is 0.484. The summed E-state index contributed by atoms with van der Waals surface area (Å²) in [4.78, 5) is 8.61. The maximum Gasteiger partial charge on any atom is 0.134 e. The molecular formula is C14H14ClFN2. The number of hydrogen-bond acceptors (Lipinski definition) is 2. The molecule has 1 aromatic heterocycles. The van der Waals surface area contributed by atoms with E-state index < -0.39 is 0 Å². The van der Waals surface area contributed by atoms with E-state index in [1.165, 1.54) is 12.1 Å². The average Bonchev–Trinajstić information content (AvgIpc) is 2.28. The highest BCUT2D eigenvalue weighted by molar-refractivity contribution is 6.29. The van der Waals surface area contributed by atoms with Gasteiger partial charge in [-0.1, -0.05) is 37.6 Å². The molecule has 2 rings (SSSR count). The van der Waals surface area contributed by atoms with Gasteiger partial charge in [-0.25, -0.2) is 14.4 Å². The average molecular weight is 265 g/mol. The van der Waals surface area contributed by atoms with Crippen molar-refractivity contribution >= 4 is 11.6 Å². The molecule has 4 heteroatoms. The van der Waals surface area contributed by atoms with Crippen molar-refractivity contribution in [3.63, 3.8) is 0 Å². The van der Waals surface area contributed by atoms with Gasteiger partial charge < -0.3 is 0 Å². The first-order chi connectivity index (χ1) is 8.54. The molecule has 2 nitrogen and oxygen atoms in total. The zero-order chi connectivity index (χ0) is 13.1. The Balaban J connectivity index is 2.29. The number of rotatable bonds is 3. The van der Waals surface area contributed by atoms with Crippen molar-refractivity contribution in [2.75, 3.05) is 0 Å². The van der Waals surface area contributed by atoms with Gasteiger partial charge in [-0.15, -0.1) is 0 Å². The Hall–Kier alpha value is -1.48. The second-order valence-electron chi connectivity index (χ2n) is 4.49. The van der Waals surface area contributed by atoms with Gasteiger partial charge in [0.2, 0.25) is 0 Å². The van der Waals surface area contributed by atoms with E-state index in [1.807, 2.05) is 19.9 Å². The molecule has 0 radical (unpaired) electrons. The van der Waals surface area contributed by atoms with Crippen molar-refractivity contribution in [3.05, 3.63) is 58.4 Å². The van der Waals surface area contributed by atoms with E-state index in [2.05, 4.69) is 9.97 Å². The second kappa shape index (κ2) is 5.44. The number of nitrogens with zero attached hydrogens (tertiary/aromatic N) is 2. The molecule has 0 aliphatic carbocycles. The van der Waals surface area contributed by atoms with Gasteiger partial charge in [0.15, 0.2) is 0 Å². The van der Waals surface area contributed by atoms with Crippen LogP contribution >= 0.6 is 11.6 Å². The lowest BCUT2D eigenvalue weighted by Gasteiger charge is -2.07. The van der Waals surface area contributed by atoms with Gasteiger partial charge in [-0.05, 0) is 29.7 Å². The summed E-state index contributed by atoms with van der Waals surface area (Å²) in [5.74, 6) is 0.659. The molecule has 0 aliphatic heterocycles. The first-order valence-electron chi connectivity index (χ1n) is 5.82. The monoisotopic (exact) mass is 264 g/mol. The van der Waals surface area contributed by atoms with Crippen LogP contribution in [-0.4, -0.2) is 9.97 Å². The SMILES string of the molecule is CC(C)c1cc(Cl)nc(Cc2cccc(F)c2)n1. The Kier molecular flexibility index (Phi) is 3.92. The quantitative estimate of drug-likeness (QED) is 0.784. The van der Waals surface area contributed by atoms with Crippen LogP contribution in [0.5, 0.6) is 0 Å². The van der Waals surface area contributed by atoms with Gasteiger partial charge in [0, 0.05) is 12.1 Å². The maximum absolute atomic E-state index is 13.1. The second-order valence-corrected chi connectivity index (χ2v) is 4.88. The topological polar surface area (TPSA) is 25.8 Å². The van der Waals surface area contributed by atoms with Crippen LogP contribution in [0.4, 0.5) is 4.39 Å². The number of hydrogen-bond donors (Lipinski definition) is 0. The summed E-state index contributed by atoms with van der Waals surface area (Å²) in [6, 6.07) is 8.20. The van der Waals surface area contributed by atoms with Crippen LogP contribution in [0.3, 0.4) is 0 Å². The van der Waals surface area contributed by atoms with Crippen molar-refractivity contribution in [1.29, 1.82) is 0 Å². The van der Waals surface area contributed by atoms with Crippen LogP contribution in [0.1, 0.15) is 36.8 Å². The highest BCUT2D eigenvalue weighted by atomic mass is 35.5. The normalized spacial score (nSPS) is 10.9. The largest absolute Gasteiger partial charge is 0.237 e. The lowest BCUT2D eigenvalue weighted by molar-refractivity contribution is 0.625. The lowest BCUT2D eigenvalue weighted by Crippen LogP contribution is -2.02. The van der Waals surface area contributed by atoms with E-state index in [-0.39, 0.29) is 11.7 Å². The van der Waals surface area contributed by atoms with Crippen molar-refractivity contribution in [1.82, 2.24) is 9.97 Å². The maximum atomic E-state index is 13.1. The summed E-state index contributed by atoms with van der Waals surface area (Å²) >= 11 is 5.97. The van der Waals surface area contributed by atoms with Crippen LogP contribution in [0.25, 0.3) is 0 Å². The van der Waals surface area contributed by atoms with Gasteiger partial charge in [-0.3, -0.25) is 0 Å². The van der Waals surface area contributed by atoms with Crippen LogP contribution in [-0.2, 0) is 6.42 Å². The van der Waals surface area contributed by atoms with Crippen molar-refractivity contribution < 1.29 is 4.39 Å². The van der Waals surface area contributed by atoms with E-state index in [0.29, 0.717) is 17.4 Å². The van der Waals surface area contributed by atoms with Gasteiger partial charge in [0.25, 0.3) is 0 Å². The fraction of sp³-hybridized carbons (Fsp3) is 0.286. The third-order valence-electron chi connectivity index (χ3n) is 2.60. The Bertz CT molecular complexity index is 555. The fourth-order valence-electron chi connectivity index (χ4n) is 1.69. The molecular weight excluding hydrogens is 251 g/mol. The van der Waals surface area contributed by atoms with Gasteiger partial charge in [-0.2, -0.15) is 0 Å². The first-order valence-corrected chi connectivity index (χ1v) is 6.20. The number of halogens is 2. The Morgan fingerprint density at radius 2 is 2.00 bits per heavy atom. The highest BCUT2D eigenvalue weighted by Gasteiger charge is 2.07. The highest BCUT2D eigenvalue weighted by Crippen LogP contribution is 2.17. The zero-order valence-corrected chi connectivity index (χ0v) is 11.1. The minimum atomic E-state index is -0.251. The molecule has 0 atom stereocenters. The molecule has 0 bridgehead atoms. The zero-order valence-electron chi connectivity index (χ0n) is 10.3. The molecule has 0 N–H and O–H groups in total. The summed E-state index contributed by atoms with van der Waals surface area (Å²) < 4.78 is 13.1. The standard InChI is InChI=1S/C14H14ClFN2/c1-9(2)12-8-13(15)18-14(17-12)7-10-4-3-5-11(16)6-10/h3-6,8-9H,7H2,1-2H3. The fourth-order valence-corrected chi connectivity index (χ4v) is 1.90. The first kappa shape index (κ1) is 13.0. The predicted octanol–water partition coefficient (Wildman–Crippen LogP) is 3.98. The molecule has 0 amide bonds. The van der Waals surface area contributed by atoms with E-state index in [0.717, 1.165) is 11.3 Å². The Labute approximate surface area is 111 Å². The van der Waals surface area contributed by atoms with Crippen LogP contribution in [0.2, 0.25) is 5.15 Å². The van der Waals surface area contributed by atoms with Crippen LogP contribution < -0.4 is 0 Å². The predicted molar refractivity (Wildman–Crippen MR) is 70.3 cm³/mol. The van der Waals surface area contributed by atoms with Crippen molar-refractivity contribution in [2.45, 2.75) is 26.2 Å². The van der Waals surface area contributed by atoms with E-state index in [4.69, 9.17) is 11.6 Å². The summed E-state index contributed by atoms with van der Waals surface area (Å²) in [6.45, 7) is 4.09. The van der Waals surface area contributed by atoms with Gasteiger partial charge >= 0.3 is 0 Å². The molecule has 0 spiro atoms. The van der Waals surface area contributed by atoms with Gasteiger partial charge in [0.05, 0.1) is 0 Å². The molecule has 0 saturated heterocycles. The molecule has 0 saturated carbocycles. The molecule has 0 fully saturated rings. The molecule has 0 aliphatic rings. The minimum absolute atomic E-state index is 0.251. The molecule has 0 unspecified atom stereocenters. The van der Waals surface area contributed by atoms with E-state index in [1.54, 1.807) is 12.1 Å². The molecule has 1 heterocycles. The minimum Gasteiger partial charge on any atom is -0.237 e. The Morgan fingerprint density at radius 3 is 2.67 bits per heavy atom. The molecule has 1 aromatic carbocycles. The summed E-state index contributed by atoms with van der Waals surface area (Å²) in [5, 5.41) is 0.431. The lowest BCUT2D eigenvalue weighted by atomic mass is 10.1. The third-order valence-corrected chi connectivity index (χ3v) is 2.80. The summed E-state index contributed by atoms with van der Waals surface area (Å²) in [5.41, 5.74) is 1.74. The van der Waals surface area contributed by atoms with E-state index in [9.17, 15) is 4.39 Å². The smallest absolute Gasteiger partial charge is 0.134 e. The summed E-state index contributed by atoms with van der Waals surface area (Å²) in [7, 11) is 0. The van der Waals surface area contributed by atoms with E-state index >= 15 is 0 Å². The van der Waals surface area contributed by atoms with Crippen LogP contribution in [0.15, 0.2) is 30.3 Å². The number of benzene rings is 1. The molecule has 18 heavy (non-hydrogen) atoms. The van der Waals surface area contributed by atoms with Gasteiger partial charge in [0.1, 0.15) is 16.8 Å². The molecule has 94 valence electrons. The Morgan fingerprint density at radius 1 is 1.22 bits per heavy atom. The van der Waals surface area contributed by atoms with Crippen LogP contribution in [0, 0.1) is 5.82 Å². The van der Waals surface area contributed by atoms with Crippen molar-refractivity contribution in [2.24, 2.45) is 0 Å². The third kappa shape index (κ3) is 3.26.